The van der Waals surface area contributed by atoms with Crippen molar-refractivity contribution in [2.45, 2.75) is 6.92 Å². The summed E-state index contributed by atoms with van der Waals surface area (Å²) in [7, 11) is 0. The molecular formula is C9H9N3O. The summed E-state index contributed by atoms with van der Waals surface area (Å²) < 4.78 is 0. The van der Waals surface area contributed by atoms with Gasteiger partial charge in [-0.3, -0.25) is 9.78 Å². The molecule has 0 aliphatic heterocycles. The van der Waals surface area contributed by atoms with Crippen molar-refractivity contribution >= 4 is 16.7 Å². The molecule has 0 bridgehead atoms. The van der Waals surface area contributed by atoms with E-state index in [0.29, 0.717) is 11.2 Å². The van der Waals surface area contributed by atoms with E-state index in [9.17, 15) is 4.79 Å². The van der Waals surface area contributed by atoms with Crippen LogP contribution in [0.4, 0.5) is 5.69 Å². The molecule has 13 heavy (non-hydrogen) atoms. The quantitative estimate of drug-likeness (QED) is 0.622. The smallest absolute Gasteiger partial charge is 0.248 e. The zero-order valence-electron chi connectivity index (χ0n) is 7.16. The highest BCUT2D eigenvalue weighted by atomic mass is 16.1. The van der Waals surface area contributed by atoms with Gasteiger partial charge in [-0.25, -0.2) is 0 Å². The Labute approximate surface area is 74.4 Å². The fourth-order valence-corrected chi connectivity index (χ4v) is 1.32. The van der Waals surface area contributed by atoms with E-state index in [4.69, 9.17) is 5.73 Å². The van der Waals surface area contributed by atoms with Crippen LogP contribution >= 0.6 is 0 Å². The summed E-state index contributed by atoms with van der Waals surface area (Å²) in [5.74, 6) is 0. The van der Waals surface area contributed by atoms with Gasteiger partial charge in [-0.1, -0.05) is 0 Å². The Bertz CT molecular complexity index is 516. The number of aryl methyl sites for hydroxylation is 1. The van der Waals surface area contributed by atoms with Crippen molar-refractivity contribution < 1.29 is 0 Å². The Kier molecular flexibility index (Phi) is 1.55. The third kappa shape index (κ3) is 1.26. The average molecular weight is 175 g/mol. The van der Waals surface area contributed by atoms with E-state index < -0.39 is 0 Å². The first-order valence-corrected chi connectivity index (χ1v) is 3.92. The molecule has 0 aromatic carbocycles. The molecule has 0 saturated carbocycles. The van der Waals surface area contributed by atoms with Gasteiger partial charge < -0.3 is 10.7 Å². The number of aromatic amines is 1. The Hall–Kier alpha value is -1.84. The van der Waals surface area contributed by atoms with Gasteiger partial charge in [0.25, 0.3) is 0 Å². The van der Waals surface area contributed by atoms with Crippen LogP contribution < -0.4 is 11.3 Å². The Morgan fingerprint density at radius 3 is 3.00 bits per heavy atom. The SMILES string of the molecule is Cc1cc(=O)[nH]c2cc(N)cnc12. The maximum Gasteiger partial charge on any atom is 0.248 e. The molecule has 0 aliphatic carbocycles. The number of anilines is 1. The van der Waals surface area contributed by atoms with E-state index >= 15 is 0 Å². The van der Waals surface area contributed by atoms with Crippen molar-refractivity contribution in [2.24, 2.45) is 0 Å². The number of nitrogen functional groups attached to an aromatic ring is 1. The number of nitrogens with two attached hydrogens (primary N) is 1. The molecule has 0 fully saturated rings. The van der Waals surface area contributed by atoms with Gasteiger partial charge in [-0.2, -0.15) is 0 Å². The second-order valence-electron chi connectivity index (χ2n) is 2.98. The second kappa shape index (κ2) is 2.58. The summed E-state index contributed by atoms with van der Waals surface area (Å²) in [5, 5.41) is 0. The molecule has 4 nitrogen and oxygen atoms in total. The summed E-state index contributed by atoms with van der Waals surface area (Å²) in [6, 6.07) is 3.22. The maximum absolute atomic E-state index is 11.1. The number of nitrogens with one attached hydrogen (secondary N) is 1. The second-order valence-corrected chi connectivity index (χ2v) is 2.98. The largest absolute Gasteiger partial charge is 0.397 e. The molecule has 0 radical (unpaired) electrons. The van der Waals surface area contributed by atoms with E-state index in [2.05, 4.69) is 9.97 Å². The van der Waals surface area contributed by atoms with E-state index in [1.807, 2.05) is 6.92 Å². The Morgan fingerprint density at radius 1 is 1.46 bits per heavy atom. The van der Waals surface area contributed by atoms with Crippen LogP contribution in [0.2, 0.25) is 0 Å². The summed E-state index contributed by atoms with van der Waals surface area (Å²) >= 11 is 0. The lowest BCUT2D eigenvalue weighted by atomic mass is 10.2. The molecule has 2 heterocycles. The lowest BCUT2D eigenvalue weighted by Crippen LogP contribution is -2.05. The number of aromatic nitrogens is 2. The first kappa shape index (κ1) is 7.79. The van der Waals surface area contributed by atoms with Crippen LogP contribution in [-0.4, -0.2) is 9.97 Å². The average Bonchev–Trinajstić information content (AvgIpc) is 2.02. The fourth-order valence-electron chi connectivity index (χ4n) is 1.32. The van der Waals surface area contributed by atoms with Crippen molar-refractivity contribution in [3.05, 3.63) is 34.2 Å². The molecule has 0 aliphatic rings. The molecule has 0 atom stereocenters. The van der Waals surface area contributed by atoms with Crippen molar-refractivity contribution in [3.63, 3.8) is 0 Å². The number of pyridine rings is 2. The Balaban J connectivity index is 2.94. The number of fused-ring (bicyclic) bond motifs is 1. The van der Waals surface area contributed by atoms with Crippen LogP contribution in [0.5, 0.6) is 0 Å². The molecule has 0 spiro atoms. The fraction of sp³-hybridized carbons (Fsp3) is 0.111. The molecule has 3 N–H and O–H groups in total. The topological polar surface area (TPSA) is 71.8 Å². The lowest BCUT2D eigenvalue weighted by molar-refractivity contribution is 1.24. The molecule has 2 aromatic heterocycles. The molecule has 4 heteroatoms. The van der Waals surface area contributed by atoms with Gasteiger partial charge in [0, 0.05) is 6.07 Å². The molecule has 0 unspecified atom stereocenters. The number of hydrogen-bond acceptors (Lipinski definition) is 3. The molecule has 0 saturated heterocycles. The van der Waals surface area contributed by atoms with Crippen molar-refractivity contribution in [1.82, 2.24) is 9.97 Å². The van der Waals surface area contributed by atoms with Gasteiger partial charge in [0.2, 0.25) is 5.56 Å². The molecule has 66 valence electrons. The summed E-state index contributed by atoms with van der Waals surface area (Å²) in [4.78, 5) is 17.9. The van der Waals surface area contributed by atoms with Crippen LogP contribution in [0.3, 0.4) is 0 Å². The van der Waals surface area contributed by atoms with Gasteiger partial charge in [0.1, 0.15) is 0 Å². The lowest BCUT2D eigenvalue weighted by Gasteiger charge is -2.00. The summed E-state index contributed by atoms with van der Waals surface area (Å²) in [5.41, 5.74) is 8.29. The highest BCUT2D eigenvalue weighted by Gasteiger charge is 2.00. The minimum absolute atomic E-state index is 0.127. The van der Waals surface area contributed by atoms with Crippen LogP contribution in [0.1, 0.15) is 5.56 Å². The van der Waals surface area contributed by atoms with Crippen LogP contribution in [0, 0.1) is 6.92 Å². The summed E-state index contributed by atoms with van der Waals surface area (Å²) in [6.07, 6.45) is 1.58. The predicted molar refractivity (Wildman–Crippen MR) is 51.5 cm³/mol. The minimum Gasteiger partial charge on any atom is -0.397 e. The molecule has 0 amide bonds. The normalized spacial score (nSPS) is 10.5. The van der Waals surface area contributed by atoms with E-state index in [-0.39, 0.29) is 5.56 Å². The van der Waals surface area contributed by atoms with Crippen LogP contribution in [-0.2, 0) is 0 Å². The number of rotatable bonds is 0. The van der Waals surface area contributed by atoms with Crippen molar-refractivity contribution in [1.29, 1.82) is 0 Å². The first-order chi connectivity index (χ1) is 6.16. The molecular weight excluding hydrogens is 166 g/mol. The number of hydrogen-bond donors (Lipinski definition) is 2. The molecule has 2 rings (SSSR count). The standard InChI is InChI=1S/C9H9N3O/c1-5-2-8(13)12-7-3-6(10)4-11-9(5)7/h2-4H,10H2,1H3,(H,12,13). The van der Waals surface area contributed by atoms with E-state index in [0.717, 1.165) is 11.1 Å². The number of H-pyrrole nitrogens is 1. The minimum atomic E-state index is -0.127. The van der Waals surface area contributed by atoms with Gasteiger partial charge >= 0.3 is 0 Å². The highest BCUT2D eigenvalue weighted by molar-refractivity contribution is 5.79. The van der Waals surface area contributed by atoms with E-state index in [1.54, 1.807) is 12.3 Å². The van der Waals surface area contributed by atoms with Crippen LogP contribution in [0.15, 0.2) is 23.1 Å². The van der Waals surface area contributed by atoms with Gasteiger partial charge in [-0.15, -0.1) is 0 Å². The zero-order valence-corrected chi connectivity index (χ0v) is 7.16. The van der Waals surface area contributed by atoms with Crippen LogP contribution in [0.25, 0.3) is 11.0 Å². The number of nitrogens with zero attached hydrogens (tertiary/aromatic N) is 1. The zero-order chi connectivity index (χ0) is 9.42. The van der Waals surface area contributed by atoms with Gasteiger partial charge in [0.05, 0.1) is 22.9 Å². The highest BCUT2D eigenvalue weighted by Crippen LogP contribution is 2.13. The predicted octanol–water partition coefficient (Wildman–Crippen LogP) is 0.814. The first-order valence-electron chi connectivity index (χ1n) is 3.92. The van der Waals surface area contributed by atoms with Gasteiger partial charge in [0.15, 0.2) is 0 Å². The van der Waals surface area contributed by atoms with Crippen molar-refractivity contribution in [2.75, 3.05) is 5.73 Å². The Morgan fingerprint density at radius 2 is 2.23 bits per heavy atom. The van der Waals surface area contributed by atoms with Gasteiger partial charge in [-0.05, 0) is 18.6 Å². The monoisotopic (exact) mass is 175 g/mol. The summed E-state index contributed by atoms with van der Waals surface area (Å²) in [6.45, 7) is 1.85. The van der Waals surface area contributed by atoms with Crippen molar-refractivity contribution in [3.8, 4) is 0 Å². The third-order valence-corrected chi connectivity index (χ3v) is 1.89. The van der Waals surface area contributed by atoms with E-state index in [1.165, 1.54) is 6.07 Å². The molecule has 2 aromatic rings. The third-order valence-electron chi connectivity index (χ3n) is 1.89. The maximum atomic E-state index is 11.1.